The van der Waals surface area contributed by atoms with Gasteiger partial charge >= 0.3 is 0 Å². The van der Waals surface area contributed by atoms with Crippen LogP contribution in [0.4, 0.5) is 0 Å². The quantitative estimate of drug-likeness (QED) is 0.713. The van der Waals surface area contributed by atoms with E-state index in [1.807, 2.05) is 53.4 Å². The molecule has 2 aromatic carbocycles. The van der Waals surface area contributed by atoms with Gasteiger partial charge in [-0.2, -0.15) is 0 Å². The van der Waals surface area contributed by atoms with Crippen LogP contribution in [0.1, 0.15) is 29.6 Å². The Morgan fingerprint density at radius 2 is 1.92 bits per heavy atom. The maximum Gasteiger partial charge on any atom is 0.226 e. The van der Waals surface area contributed by atoms with E-state index in [1.165, 1.54) is 0 Å². The van der Waals surface area contributed by atoms with Gasteiger partial charge in [-0.3, -0.25) is 4.79 Å². The van der Waals surface area contributed by atoms with Crippen LogP contribution in [-0.2, 0) is 9.53 Å². The van der Waals surface area contributed by atoms with Crippen molar-refractivity contribution in [3.8, 4) is 0 Å². The van der Waals surface area contributed by atoms with Crippen LogP contribution in [0.15, 0.2) is 53.0 Å². The Balaban J connectivity index is 1.43. The van der Waals surface area contributed by atoms with Crippen molar-refractivity contribution in [2.24, 2.45) is 5.92 Å². The first kappa shape index (κ1) is 17.1. The first-order chi connectivity index (χ1) is 12.1. The minimum absolute atomic E-state index is 0.0525. The average molecular weight is 421 g/mol. The summed E-state index contributed by atoms with van der Waals surface area (Å²) in [6.07, 6.45) is 0.839. The zero-order valence-electron chi connectivity index (χ0n) is 13.7. The molecule has 1 amide bonds. The van der Waals surface area contributed by atoms with Gasteiger partial charge in [0.25, 0.3) is 0 Å². The lowest BCUT2D eigenvalue weighted by Gasteiger charge is -2.33. The molecule has 4 rings (SSSR count). The second-order valence-corrected chi connectivity index (χ2v) is 7.99. The molecular weight excluding hydrogens is 402 g/mol. The van der Waals surface area contributed by atoms with Gasteiger partial charge in [0.15, 0.2) is 0 Å². The molecule has 1 heterocycles. The highest BCUT2D eigenvalue weighted by molar-refractivity contribution is 9.10. The van der Waals surface area contributed by atoms with Crippen molar-refractivity contribution < 1.29 is 9.53 Å². The van der Waals surface area contributed by atoms with E-state index in [0.29, 0.717) is 19.7 Å². The van der Waals surface area contributed by atoms with E-state index in [0.717, 1.165) is 27.0 Å². The van der Waals surface area contributed by atoms with E-state index in [1.54, 1.807) is 0 Å². The molecule has 1 aliphatic carbocycles. The van der Waals surface area contributed by atoms with Gasteiger partial charge in [0.05, 0.1) is 13.2 Å². The molecule has 0 radical (unpaired) electrons. The second kappa shape index (κ2) is 7.10. The lowest BCUT2D eigenvalue weighted by Crippen LogP contribution is -2.43. The predicted octanol–water partition coefficient (Wildman–Crippen LogP) is 4.81. The minimum atomic E-state index is -0.0525. The van der Waals surface area contributed by atoms with Gasteiger partial charge in [-0.1, -0.05) is 57.9 Å². The van der Waals surface area contributed by atoms with Gasteiger partial charge in [0.1, 0.15) is 6.10 Å². The van der Waals surface area contributed by atoms with E-state index in [4.69, 9.17) is 16.3 Å². The van der Waals surface area contributed by atoms with Crippen LogP contribution in [0.3, 0.4) is 0 Å². The van der Waals surface area contributed by atoms with Crippen molar-refractivity contribution in [2.45, 2.75) is 18.4 Å². The van der Waals surface area contributed by atoms with E-state index in [9.17, 15) is 4.79 Å². The van der Waals surface area contributed by atoms with Crippen LogP contribution in [-0.4, -0.2) is 30.5 Å². The molecule has 2 aliphatic rings. The van der Waals surface area contributed by atoms with Crippen molar-refractivity contribution in [3.63, 3.8) is 0 Å². The first-order valence-corrected chi connectivity index (χ1v) is 9.71. The van der Waals surface area contributed by atoms with Crippen LogP contribution in [0.25, 0.3) is 0 Å². The molecule has 1 saturated heterocycles. The molecule has 130 valence electrons. The molecule has 5 heteroatoms. The third-order valence-electron chi connectivity index (χ3n) is 5.03. The summed E-state index contributed by atoms with van der Waals surface area (Å²) in [6.45, 7) is 1.86. The summed E-state index contributed by atoms with van der Waals surface area (Å²) in [5.74, 6) is 0.550. The number of halogens is 2. The minimum Gasteiger partial charge on any atom is -0.370 e. The number of hydrogen-bond acceptors (Lipinski definition) is 2. The van der Waals surface area contributed by atoms with E-state index < -0.39 is 0 Å². The first-order valence-electron chi connectivity index (χ1n) is 8.54. The summed E-state index contributed by atoms with van der Waals surface area (Å²) >= 11 is 9.73. The van der Waals surface area contributed by atoms with Crippen LogP contribution < -0.4 is 0 Å². The van der Waals surface area contributed by atoms with Crippen molar-refractivity contribution in [1.82, 2.24) is 4.90 Å². The summed E-state index contributed by atoms with van der Waals surface area (Å²) in [6, 6.07) is 16.0. The third-order valence-corrected chi connectivity index (χ3v) is 5.91. The second-order valence-electron chi connectivity index (χ2n) is 6.67. The topological polar surface area (TPSA) is 29.5 Å². The number of rotatable bonds is 3. The fourth-order valence-electron chi connectivity index (χ4n) is 3.55. The van der Waals surface area contributed by atoms with Crippen molar-refractivity contribution in [3.05, 3.63) is 69.2 Å². The summed E-state index contributed by atoms with van der Waals surface area (Å²) in [4.78, 5) is 14.9. The molecule has 1 saturated carbocycles. The van der Waals surface area contributed by atoms with Gasteiger partial charge in [0.2, 0.25) is 5.91 Å². The normalized spacial score (nSPS) is 25.7. The molecular formula is C20H19BrClNO2. The Hall–Kier alpha value is -1.36. The summed E-state index contributed by atoms with van der Waals surface area (Å²) in [5.41, 5.74) is 2.21. The Morgan fingerprint density at radius 3 is 2.68 bits per heavy atom. The number of carbonyl (C=O) groups excluding carboxylic acids is 1. The van der Waals surface area contributed by atoms with Crippen LogP contribution in [0.5, 0.6) is 0 Å². The van der Waals surface area contributed by atoms with Crippen LogP contribution in [0.2, 0.25) is 5.02 Å². The number of ether oxygens (including phenoxy) is 1. The monoisotopic (exact) mass is 419 g/mol. The Labute approximate surface area is 161 Å². The van der Waals surface area contributed by atoms with E-state index in [2.05, 4.69) is 15.9 Å². The van der Waals surface area contributed by atoms with Crippen LogP contribution >= 0.6 is 27.5 Å². The van der Waals surface area contributed by atoms with E-state index >= 15 is 0 Å². The average Bonchev–Trinajstić information content (AvgIpc) is 3.43. The van der Waals surface area contributed by atoms with Gasteiger partial charge in [-0.15, -0.1) is 0 Å². The molecule has 3 atom stereocenters. The molecule has 1 aliphatic heterocycles. The summed E-state index contributed by atoms with van der Waals surface area (Å²) in [5, 5.41) is 0.762. The molecule has 2 fully saturated rings. The lowest BCUT2D eigenvalue weighted by molar-refractivity contribution is -0.140. The third kappa shape index (κ3) is 3.62. The lowest BCUT2D eigenvalue weighted by atomic mass is 10.1. The Bertz CT molecular complexity index is 780. The predicted molar refractivity (Wildman–Crippen MR) is 102 cm³/mol. The molecule has 25 heavy (non-hydrogen) atoms. The smallest absolute Gasteiger partial charge is 0.226 e. The van der Waals surface area contributed by atoms with Crippen molar-refractivity contribution in [2.75, 3.05) is 19.7 Å². The molecule has 3 unspecified atom stereocenters. The molecule has 2 aromatic rings. The number of carbonyl (C=O) groups is 1. The summed E-state index contributed by atoms with van der Waals surface area (Å²) < 4.78 is 6.93. The van der Waals surface area contributed by atoms with Crippen LogP contribution in [0, 0.1) is 5.92 Å². The SMILES string of the molecule is O=C(C1CC1c1ccccc1Cl)N1CCOC(c2ccc(Br)cc2)C1. The number of nitrogens with zero attached hydrogens (tertiary/aromatic N) is 1. The maximum absolute atomic E-state index is 12.9. The van der Waals surface area contributed by atoms with Gasteiger partial charge in [-0.25, -0.2) is 0 Å². The standard InChI is InChI=1S/C20H19BrClNO2/c21-14-7-5-13(6-8-14)19-12-23(9-10-25-19)20(24)17-11-16(17)15-3-1-2-4-18(15)22/h1-8,16-17,19H,9-12H2. The number of morpholine rings is 1. The fraction of sp³-hybridized carbons (Fsp3) is 0.350. The van der Waals surface area contributed by atoms with Gasteiger partial charge < -0.3 is 9.64 Å². The highest BCUT2D eigenvalue weighted by Gasteiger charge is 2.47. The molecule has 0 N–H and O–H groups in total. The highest BCUT2D eigenvalue weighted by Crippen LogP contribution is 2.50. The number of benzene rings is 2. The number of amides is 1. The Morgan fingerprint density at radius 1 is 1.16 bits per heavy atom. The van der Waals surface area contributed by atoms with Gasteiger partial charge in [0, 0.05) is 22.0 Å². The number of hydrogen-bond donors (Lipinski definition) is 0. The van der Waals surface area contributed by atoms with Gasteiger partial charge in [-0.05, 0) is 41.7 Å². The van der Waals surface area contributed by atoms with E-state index in [-0.39, 0.29) is 23.8 Å². The molecule has 0 aromatic heterocycles. The Kier molecular flexibility index (Phi) is 4.85. The summed E-state index contributed by atoms with van der Waals surface area (Å²) in [7, 11) is 0. The zero-order valence-corrected chi connectivity index (χ0v) is 16.0. The highest BCUT2D eigenvalue weighted by atomic mass is 79.9. The fourth-order valence-corrected chi connectivity index (χ4v) is 4.09. The van der Waals surface area contributed by atoms with Crippen molar-refractivity contribution in [1.29, 1.82) is 0 Å². The molecule has 3 nitrogen and oxygen atoms in total. The van der Waals surface area contributed by atoms with Crippen molar-refractivity contribution >= 4 is 33.4 Å². The zero-order chi connectivity index (χ0) is 17.4. The largest absolute Gasteiger partial charge is 0.370 e. The maximum atomic E-state index is 12.9. The molecule has 0 bridgehead atoms. The molecule has 0 spiro atoms.